The van der Waals surface area contributed by atoms with Gasteiger partial charge in [-0.2, -0.15) is 0 Å². The van der Waals surface area contributed by atoms with Crippen LogP contribution in [0.1, 0.15) is 98.6 Å². The van der Waals surface area contributed by atoms with Gasteiger partial charge in [0.05, 0.1) is 60.9 Å². The Bertz CT molecular complexity index is 2240. The molecule has 2 bridgehead atoms. The number of likely N-dealkylation sites (tertiary alicyclic amines) is 1. The number of carbonyl (C=O) groups is 5. The Balaban J connectivity index is 0.990. The summed E-state index contributed by atoms with van der Waals surface area (Å²) < 4.78 is 30.3. The van der Waals surface area contributed by atoms with Gasteiger partial charge in [0.2, 0.25) is 23.6 Å². The molecule has 374 valence electrons. The normalized spacial score (nSPS) is 18.7. The number of para-hydroxylation sites is 1. The molecule has 0 spiro atoms. The Labute approximate surface area is 404 Å². The number of amides is 4. The number of imide groups is 1. The number of allylic oxidation sites excluding steroid dienone is 2. The molecule has 2 N–H and O–H groups in total. The van der Waals surface area contributed by atoms with Crippen molar-refractivity contribution in [2.45, 2.75) is 122 Å². The molecule has 0 radical (unpaired) electrons. The molecule has 2 aromatic heterocycles. The van der Waals surface area contributed by atoms with Crippen molar-refractivity contribution in [3.63, 3.8) is 0 Å². The van der Waals surface area contributed by atoms with Gasteiger partial charge in [-0.05, 0) is 91.2 Å². The van der Waals surface area contributed by atoms with Crippen LogP contribution in [0.4, 0.5) is 0 Å². The second-order valence-electron chi connectivity index (χ2n) is 19.8. The second-order valence-corrected chi connectivity index (χ2v) is 19.8. The van der Waals surface area contributed by atoms with E-state index >= 15 is 0 Å². The number of unbranched alkanes of at least 4 members (excludes halogenated alkanes) is 2. The largest absolute Gasteiger partial charge is 0.461 e. The molecule has 6 rings (SSSR count). The number of fused-ring (bicyclic) bond motifs is 5. The van der Waals surface area contributed by atoms with E-state index in [2.05, 4.69) is 42.7 Å². The first-order valence-electron chi connectivity index (χ1n) is 24.1. The minimum absolute atomic E-state index is 0.0115. The molecule has 21 heteroatoms. The summed E-state index contributed by atoms with van der Waals surface area (Å²) in [6.45, 7) is 12.5. The fourth-order valence-corrected chi connectivity index (χ4v) is 8.67. The molecule has 4 amide bonds. The molecule has 1 aliphatic heterocycles. The van der Waals surface area contributed by atoms with Crippen LogP contribution in [-0.4, -0.2) is 140 Å². The van der Waals surface area contributed by atoms with Gasteiger partial charge in [0.25, 0.3) is 0 Å². The van der Waals surface area contributed by atoms with Crippen molar-refractivity contribution in [3.8, 4) is 23.8 Å². The lowest BCUT2D eigenvalue weighted by Crippen LogP contribution is -2.47. The Morgan fingerprint density at radius 3 is 2.26 bits per heavy atom. The van der Waals surface area contributed by atoms with E-state index < -0.39 is 22.6 Å². The first-order valence-corrected chi connectivity index (χ1v) is 24.1. The number of nitrogens with one attached hydrogen (secondary N) is 1. The van der Waals surface area contributed by atoms with Crippen LogP contribution in [0.3, 0.4) is 0 Å². The molecule has 3 aromatic rings. The van der Waals surface area contributed by atoms with Crippen molar-refractivity contribution < 1.29 is 52.8 Å². The van der Waals surface area contributed by atoms with E-state index in [1.165, 1.54) is 4.90 Å². The fourth-order valence-electron chi connectivity index (χ4n) is 8.67. The van der Waals surface area contributed by atoms with Crippen LogP contribution >= 0.6 is 0 Å². The third-order valence-electron chi connectivity index (χ3n) is 12.5. The SMILES string of the molecule is BCCOCCOc1nc(OC(=O)CC(C)(C)OCCC(C)(C)n2cc(CN(CCC(=O)NC(C)(C)CO)C(=O)CCCCCN3C(=O)[C@@H]4[C@H](C3=O)[C@H]3C=C[C@@H]4C3)nn2)nc(Oc2ccccc2)n1. The zero-order valence-electron chi connectivity index (χ0n) is 41.1. The maximum atomic E-state index is 13.7. The maximum Gasteiger partial charge on any atom is 0.333 e. The fraction of sp³-hybridized carbons (Fsp3) is 0.625. The molecular weight excluding hydrogens is 889 g/mol. The van der Waals surface area contributed by atoms with Gasteiger partial charge in [0, 0.05) is 39.1 Å². The quantitative estimate of drug-likeness (QED) is 0.0332. The summed E-state index contributed by atoms with van der Waals surface area (Å²) in [7, 11) is 2.00. The van der Waals surface area contributed by atoms with Crippen LogP contribution in [0.5, 0.6) is 23.8 Å². The van der Waals surface area contributed by atoms with Crippen LogP contribution in [0, 0.1) is 23.7 Å². The average Bonchev–Trinajstić information content (AvgIpc) is 4.10. The Kier molecular flexibility index (Phi) is 18.0. The summed E-state index contributed by atoms with van der Waals surface area (Å²) in [4.78, 5) is 81.5. The van der Waals surface area contributed by atoms with E-state index in [0.29, 0.717) is 56.9 Å². The zero-order valence-corrected chi connectivity index (χ0v) is 41.1. The highest BCUT2D eigenvalue weighted by Gasteiger charge is 2.59. The summed E-state index contributed by atoms with van der Waals surface area (Å²) in [6, 6.07) is 8.37. The second kappa shape index (κ2) is 23.7. The molecule has 1 aromatic carbocycles. The van der Waals surface area contributed by atoms with Gasteiger partial charge in [0.15, 0.2) is 0 Å². The Morgan fingerprint density at radius 2 is 1.57 bits per heavy atom. The minimum atomic E-state index is -0.952. The van der Waals surface area contributed by atoms with Crippen molar-refractivity contribution in [3.05, 3.63) is 54.4 Å². The number of benzene rings is 1. The predicted octanol–water partition coefficient (Wildman–Crippen LogP) is 3.59. The van der Waals surface area contributed by atoms with E-state index in [1.54, 1.807) is 67.7 Å². The van der Waals surface area contributed by atoms with Gasteiger partial charge >= 0.3 is 24.0 Å². The van der Waals surface area contributed by atoms with Crippen molar-refractivity contribution in [1.29, 1.82) is 0 Å². The van der Waals surface area contributed by atoms with E-state index in [9.17, 15) is 29.1 Å². The highest BCUT2D eigenvalue weighted by atomic mass is 16.6. The number of aliphatic hydroxyl groups is 1. The number of carbonyl (C=O) groups excluding carboxylic acids is 5. The lowest BCUT2D eigenvalue weighted by molar-refractivity contribution is -0.142. The van der Waals surface area contributed by atoms with Crippen LogP contribution in [0.2, 0.25) is 6.32 Å². The summed E-state index contributed by atoms with van der Waals surface area (Å²) in [5.41, 5.74) is -1.86. The number of aromatic nitrogens is 6. The molecule has 2 fully saturated rings. The standard InChI is InChI=1S/C48H68BN9O11/c1-46(2,31-59)53-36(60)18-22-56(37(61)15-11-8-12-21-57-41(63)39-32-16-17-33(27-32)40(39)42(57)64)29-34-30-58(55-54-34)47(3,4)19-23-67-48(5,6)28-38(62)69-45-51-43(66-26-25-65-24-20-49)50-44(52-45)68-35-13-9-7-10-14-35/h7,9-10,13-14,16-17,30,32-33,39-40,59H,8,11-12,15,18-29,31,49H2,1-6H3,(H,53,60)/t32-,33+,39+,40-. The number of hydrogen-bond donors (Lipinski definition) is 2. The molecular formula is C48H68BN9O11. The first-order chi connectivity index (χ1) is 32.9. The topological polar surface area (TPSA) is 240 Å². The number of ether oxygens (including phenoxy) is 5. The summed E-state index contributed by atoms with van der Waals surface area (Å²) in [5.74, 6) is -0.908. The van der Waals surface area contributed by atoms with Gasteiger partial charge < -0.3 is 39.0 Å². The van der Waals surface area contributed by atoms with Crippen LogP contribution < -0.4 is 19.5 Å². The Hall–Kier alpha value is -5.80. The van der Waals surface area contributed by atoms with Crippen molar-refractivity contribution in [1.82, 2.24) is 45.1 Å². The highest BCUT2D eigenvalue weighted by Crippen LogP contribution is 2.52. The smallest absolute Gasteiger partial charge is 0.333 e. The molecule has 1 saturated carbocycles. The molecule has 0 unspecified atom stereocenters. The summed E-state index contributed by atoms with van der Waals surface area (Å²) in [5, 5.41) is 21.2. The summed E-state index contributed by atoms with van der Waals surface area (Å²) >= 11 is 0. The van der Waals surface area contributed by atoms with E-state index in [4.69, 9.17) is 23.7 Å². The molecule has 4 atom stereocenters. The monoisotopic (exact) mass is 958 g/mol. The summed E-state index contributed by atoms with van der Waals surface area (Å²) in [6.07, 6.45) is 10.0. The lowest BCUT2D eigenvalue weighted by Gasteiger charge is -2.29. The number of esters is 1. The highest BCUT2D eigenvalue weighted by molar-refractivity contribution is 6.08. The van der Waals surface area contributed by atoms with E-state index in [0.717, 1.165) is 12.7 Å². The van der Waals surface area contributed by atoms with Gasteiger partial charge in [0.1, 0.15) is 25.9 Å². The van der Waals surface area contributed by atoms with Gasteiger partial charge in [-0.1, -0.05) is 48.3 Å². The van der Waals surface area contributed by atoms with E-state index in [-0.39, 0.29) is 118 Å². The van der Waals surface area contributed by atoms with Crippen LogP contribution in [0.25, 0.3) is 0 Å². The maximum absolute atomic E-state index is 13.7. The molecule has 2 aliphatic carbocycles. The molecule has 3 heterocycles. The van der Waals surface area contributed by atoms with E-state index in [1.807, 2.05) is 27.8 Å². The lowest BCUT2D eigenvalue weighted by atomic mass is 9.85. The number of hydrogen-bond acceptors (Lipinski definition) is 16. The molecule has 20 nitrogen and oxygen atoms in total. The van der Waals surface area contributed by atoms with Crippen molar-refractivity contribution >= 4 is 37.4 Å². The number of rotatable bonds is 29. The van der Waals surface area contributed by atoms with Gasteiger partial charge in [-0.25, -0.2) is 4.68 Å². The third kappa shape index (κ3) is 14.9. The van der Waals surface area contributed by atoms with Crippen molar-refractivity contribution in [2.24, 2.45) is 23.7 Å². The van der Waals surface area contributed by atoms with Gasteiger partial charge in [-0.3, -0.25) is 28.9 Å². The molecule has 3 aliphatic rings. The van der Waals surface area contributed by atoms with Crippen LogP contribution in [0.15, 0.2) is 48.7 Å². The first kappa shape index (κ1) is 52.6. The third-order valence-corrected chi connectivity index (χ3v) is 12.5. The number of nitrogens with zero attached hydrogens (tertiary/aromatic N) is 8. The van der Waals surface area contributed by atoms with Crippen molar-refractivity contribution in [2.75, 3.05) is 46.1 Å². The molecule has 1 saturated heterocycles. The minimum Gasteiger partial charge on any atom is -0.461 e. The zero-order chi connectivity index (χ0) is 49.8. The number of aliphatic hydroxyl groups excluding tert-OH is 1. The molecule has 69 heavy (non-hydrogen) atoms. The predicted molar refractivity (Wildman–Crippen MR) is 252 cm³/mol. The van der Waals surface area contributed by atoms with Gasteiger partial charge in [-0.15, -0.1) is 20.1 Å². The Morgan fingerprint density at radius 1 is 0.870 bits per heavy atom. The average molecular weight is 958 g/mol. The van der Waals surface area contributed by atoms with Crippen LogP contribution in [-0.2, 0) is 45.5 Å².